The van der Waals surface area contributed by atoms with E-state index in [0.717, 1.165) is 5.56 Å². The minimum absolute atomic E-state index is 0.0659. The maximum absolute atomic E-state index is 11.7. The molecule has 0 saturated carbocycles. The summed E-state index contributed by atoms with van der Waals surface area (Å²) in [5.74, 6) is -0.590. The highest BCUT2D eigenvalue weighted by molar-refractivity contribution is 6.18. The molecule has 0 spiro atoms. The molecule has 0 aliphatic heterocycles. The molecule has 0 radical (unpaired) electrons. The van der Waals surface area contributed by atoms with Crippen LogP contribution in [0.2, 0.25) is 0 Å². The van der Waals surface area contributed by atoms with Crippen LogP contribution >= 0.6 is 0 Å². The lowest BCUT2D eigenvalue weighted by Gasteiger charge is -2.03. The van der Waals surface area contributed by atoms with Crippen molar-refractivity contribution in [1.82, 2.24) is 0 Å². The minimum Gasteiger partial charge on any atom is -0.312 e. The average Bonchev–Trinajstić information content (AvgIpc) is 2.40. The van der Waals surface area contributed by atoms with E-state index in [2.05, 4.69) is 5.16 Å². The number of carbonyl (C=O) groups excluding carboxylic acids is 2. The van der Waals surface area contributed by atoms with Gasteiger partial charge in [0.2, 0.25) is 0 Å². The summed E-state index contributed by atoms with van der Waals surface area (Å²) in [5, 5.41) is 3.72. The number of allylic oxidation sites excluding steroid dienone is 4. The van der Waals surface area contributed by atoms with E-state index in [9.17, 15) is 9.59 Å². The Morgan fingerprint density at radius 2 is 1.79 bits per heavy atom. The first-order valence-electron chi connectivity index (χ1n) is 5.83. The number of nitrogens with zero attached hydrogens (tertiary/aromatic N) is 1. The lowest BCUT2D eigenvalue weighted by atomic mass is 10.1. The molecule has 0 fully saturated rings. The number of hydrogen-bond acceptors (Lipinski definition) is 4. The Labute approximate surface area is 111 Å². The van der Waals surface area contributed by atoms with Gasteiger partial charge in [-0.3, -0.25) is 4.79 Å². The standard InChI is InChI=1S/C15H13NO3/c1-10-3-5-12(6-4-10)15(18)19-16-13-7-8-14(17)11(2)9-13/h3-9H,1-2H3/b16-13+. The third-order valence-corrected chi connectivity index (χ3v) is 2.68. The van der Waals surface area contributed by atoms with E-state index in [0.29, 0.717) is 16.8 Å². The van der Waals surface area contributed by atoms with Crippen LogP contribution in [0.3, 0.4) is 0 Å². The summed E-state index contributed by atoms with van der Waals surface area (Å²) in [6.07, 6.45) is 4.48. The predicted molar refractivity (Wildman–Crippen MR) is 71.9 cm³/mol. The van der Waals surface area contributed by atoms with Crippen LogP contribution in [0.4, 0.5) is 0 Å². The first-order chi connectivity index (χ1) is 9.06. The Kier molecular flexibility index (Phi) is 3.71. The highest BCUT2D eigenvalue weighted by atomic mass is 16.7. The number of carbonyl (C=O) groups is 2. The summed E-state index contributed by atoms with van der Waals surface area (Å²) < 4.78 is 0. The maximum atomic E-state index is 11.7. The molecule has 0 saturated heterocycles. The SMILES string of the molecule is CC1=C/C(=N/OC(=O)c2ccc(C)cc2)C=CC1=O. The summed E-state index contributed by atoms with van der Waals surface area (Å²) in [7, 11) is 0. The van der Waals surface area contributed by atoms with Crippen LogP contribution in [-0.4, -0.2) is 17.5 Å². The fraction of sp³-hybridized carbons (Fsp3) is 0.133. The van der Waals surface area contributed by atoms with E-state index >= 15 is 0 Å². The van der Waals surface area contributed by atoms with Gasteiger partial charge in [-0.15, -0.1) is 0 Å². The average molecular weight is 255 g/mol. The van der Waals surface area contributed by atoms with Crippen LogP contribution in [0.5, 0.6) is 0 Å². The van der Waals surface area contributed by atoms with Crippen LogP contribution in [-0.2, 0) is 9.63 Å². The fourth-order valence-electron chi connectivity index (χ4n) is 1.53. The van der Waals surface area contributed by atoms with Crippen molar-refractivity contribution < 1.29 is 14.4 Å². The van der Waals surface area contributed by atoms with E-state index in [1.54, 1.807) is 25.1 Å². The smallest absolute Gasteiger partial charge is 0.312 e. The molecule has 1 aromatic carbocycles. The maximum Gasteiger partial charge on any atom is 0.365 e. The summed E-state index contributed by atoms with van der Waals surface area (Å²) in [4.78, 5) is 27.7. The summed E-state index contributed by atoms with van der Waals surface area (Å²) in [6, 6.07) is 7.01. The van der Waals surface area contributed by atoms with Crippen LogP contribution in [0, 0.1) is 6.92 Å². The van der Waals surface area contributed by atoms with Crippen molar-refractivity contribution in [1.29, 1.82) is 0 Å². The first kappa shape index (κ1) is 13.0. The van der Waals surface area contributed by atoms with Crippen molar-refractivity contribution >= 4 is 17.5 Å². The monoisotopic (exact) mass is 255 g/mol. The molecule has 0 N–H and O–H groups in total. The molecule has 4 heteroatoms. The molecular formula is C15H13NO3. The Morgan fingerprint density at radius 1 is 1.11 bits per heavy atom. The highest BCUT2D eigenvalue weighted by Gasteiger charge is 2.10. The molecule has 1 aliphatic carbocycles. The molecule has 0 heterocycles. The highest BCUT2D eigenvalue weighted by Crippen LogP contribution is 2.08. The van der Waals surface area contributed by atoms with Crippen molar-refractivity contribution in [2.24, 2.45) is 5.16 Å². The number of aryl methyl sites for hydroxylation is 1. The first-order valence-corrected chi connectivity index (χ1v) is 5.83. The van der Waals surface area contributed by atoms with Crippen LogP contribution in [0.15, 0.2) is 53.2 Å². The van der Waals surface area contributed by atoms with E-state index in [1.165, 1.54) is 12.2 Å². The molecule has 1 aromatic rings. The van der Waals surface area contributed by atoms with Gasteiger partial charge >= 0.3 is 5.97 Å². The van der Waals surface area contributed by atoms with E-state index < -0.39 is 5.97 Å². The Bertz CT molecular complexity index is 607. The van der Waals surface area contributed by atoms with Gasteiger partial charge in [-0.25, -0.2) is 4.79 Å². The fourth-order valence-corrected chi connectivity index (χ4v) is 1.53. The van der Waals surface area contributed by atoms with E-state index in [-0.39, 0.29) is 5.78 Å². The summed E-state index contributed by atoms with van der Waals surface area (Å²) in [6.45, 7) is 3.62. The van der Waals surface area contributed by atoms with Crippen molar-refractivity contribution in [3.63, 3.8) is 0 Å². The number of oxime groups is 1. The molecule has 96 valence electrons. The van der Waals surface area contributed by atoms with Gasteiger partial charge in [0.25, 0.3) is 0 Å². The molecule has 0 atom stereocenters. The summed E-state index contributed by atoms with van der Waals surface area (Å²) in [5.41, 5.74) is 2.51. The topological polar surface area (TPSA) is 55.7 Å². The Morgan fingerprint density at radius 3 is 2.42 bits per heavy atom. The zero-order valence-electron chi connectivity index (χ0n) is 10.7. The number of rotatable bonds is 2. The van der Waals surface area contributed by atoms with Crippen LogP contribution in [0.1, 0.15) is 22.8 Å². The lowest BCUT2D eigenvalue weighted by Crippen LogP contribution is -2.07. The molecule has 0 bridgehead atoms. The molecular weight excluding hydrogens is 242 g/mol. The van der Waals surface area contributed by atoms with Crippen LogP contribution in [0.25, 0.3) is 0 Å². The molecule has 0 unspecified atom stereocenters. The number of ketones is 1. The molecule has 0 amide bonds. The van der Waals surface area contributed by atoms with Gasteiger partial charge in [0, 0.05) is 0 Å². The third kappa shape index (κ3) is 3.25. The van der Waals surface area contributed by atoms with E-state index in [1.807, 2.05) is 19.1 Å². The normalized spacial score (nSPS) is 16.4. The van der Waals surface area contributed by atoms with Gasteiger partial charge in [-0.2, -0.15) is 0 Å². The quantitative estimate of drug-likeness (QED) is 0.463. The van der Waals surface area contributed by atoms with Crippen molar-refractivity contribution in [2.45, 2.75) is 13.8 Å². The van der Waals surface area contributed by atoms with E-state index in [4.69, 9.17) is 4.84 Å². The Balaban J connectivity index is 2.07. The predicted octanol–water partition coefficient (Wildman–Crippen LogP) is 2.59. The van der Waals surface area contributed by atoms with Crippen molar-refractivity contribution in [3.05, 3.63) is 59.2 Å². The number of hydrogen-bond donors (Lipinski definition) is 0. The second kappa shape index (κ2) is 5.44. The van der Waals surface area contributed by atoms with Crippen molar-refractivity contribution in [2.75, 3.05) is 0 Å². The molecule has 1 aliphatic rings. The zero-order valence-corrected chi connectivity index (χ0v) is 10.7. The third-order valence-electron chi connectivity index (χ3n) is 2.68. The molecule has 4 nitrogen and oxygen atoms in total. The molecule has 19 heavy (non-hydrogen) atoms. The van der Waals surface area contributed by atoms with Crippen molar-refractivity contribution in [3.8, 4) is 0 Å². The minimum atomic E-state index is -0.524. The largest absolute Gasteiger partial charge is 0.365 e. The van der Waals surface area contributed by atoms with Gasteiger partial charge in [0.1, 0.15) is 5.71 Å². The Hall–Kier alpha value is -2.49. The molecule has 2 rings (SSSR count). The number of benzene rings is 1. The second-order valence-corrected chi connectivity index (χ2v) is 4.29. The van der Waals surface area contributed by atoms with Gasteiger partial charge in [0.15, 0.2) is 5.78 Å². The summed E-state index contributed by atoms with van der Waals surface area (Å²) >= 11 is 0. The lowest BCUT2D eigenvalue weighted by molar-refractivity contribution is -0.111. The zero-order chi connectivity index (χ0) is 13.8. The van der Waals surface area contributed by atoms with Crippen LogP contribution < -0.4 is 0 Å². The van der Waals surface area contributed by atoms with Gasteiger partial charge in [-0.1, -0.05) is 22.9 Å². The van der Waals surface area contributed by atoms with Gasteiger partial charge < -0.3 is 4.84 Å². The van der Waals surface area contributed by atoms with Gasteiger partial charge in [-0.05, 0) is 49.8 Å². The molecule has 0 aromatic heterocycles. The van der Waals surface area contributed by atoms with Gasteiger partial charge in [0.05, 0.1) is 5.56 Å². The second-order valence-electron chi connectivity index (χ2n) is 4.29.